The number of benzene rings is 3. The van der Waals surface area contributed by atoms with Crippen LogP contribution < -0.4 is 10.6 Å². The van der Waals surface area contributed by atoms with Crippen molar-refractivity contribution in [2.45, 2.75) is 156 Å². The van der Waals surface area contributed by atoms with Gasteiger partial charge in [-0.25, -0.2) is 0 Å². The lowest BCUT2D eigenvalue weighted by atomic mass is 9.75. The molecular formula is C44H64P2. The first kappa shape index (κ1) is 35.8. The molecule has 2 unspecified atom stereocenters. The highest BCUT2D eigenvalue weighted by molar-refractivity contribution is 7.66. The Kier molecular flexibility index (Phi) is 9.00. The van der Waals surface area contributed by atoms with E-state index in [1.807, 2.05) is 0 Å². The Balaban J connectivity index is 1.51. The lowest BCUT2D eigenvalue weighted by Gasteiger charge is -2.31. The van der Waals surface area contributed by atoms with Crippen molar-refractivity contribution >= 4 is 26.5 Å². The Morgan fingerprint density at radius 1 is 0.500 bits per heavy atom. The molecule has 5 rings (SSSR count). The zero-order chi connectivity index (χ0) is 34.4. The van der Waals surface area contributed by atoms with Crippen LogP contribution in [-0.4, -0.2) is 12.3 Å². The monoisotopic (exact) mass is 654 g/mol. The molecule has 0 aliphatic carbocycles. The predicted octanol–water partition coefficient (Wildman–Crippen LogP) is 12.1. The molecule has 0 saturated carbocycles. The molecule has 0 nitrogen and oxygen atoms in total. The van der Waals surface area contributed by atoms with Crippen molar-refractivity contribution in [2.75, 3.05) is 12.3 Å². The Bertz CT molecular complexity index is 1500. The standard InChI is InChI=1S/C44H64P2/c1-39(2,3)31-21-33(41(7,8)9)37-35(23-31)43(13,14)27-45(37)25-29-18-17-19-30(20-29)26-46-28-44(15,16)36-24-32(40(4,5)6)22-34(38(36)46)42(10,11)12/h17-24H,25-28H2,1-16H3. The zero-order valence-corrected chi connectivity index (χ0v) is 34.1. The summed E-state index contributed by atoms with van der Waals surface area (Å²) in [5.41, 5.74) is 13.5. The van der Waals surface area contributed by atoms with Crippen LogP contribution in [0.4, 0.5) is 0 Å². The van der Waals surface area contributed by atoms with Crippen LogP contribution in [0.5, 0.6) is 0 Å². The molecule has 3 aromatic rings. The van der Waals surface area contributed by atoms with Crippen LogP contribution in [0.2, 0.25) is 0 Å². The van der Waals surface area contributed by atoms with Gasteiger partial charge in [-0.1, -0.05) is 175 Å². The van der Waals surface area contributed by atoms with Crippen molar-refractivity contribution in [2.24, 2.45) is 0 Å². The second-order valence-electron chi connectivity index (χ2n) is 20.1. The highest BCUT2D eigenvalue weighted by Gasteiger charge is 2.43. The minimum absolute atomic E-state index is 0.136. The van der Waals surface area contributed by atoms with Crippen molar-refractivity contribution in [3.8, 4) is 0 Å². The minimum Gasteiger partial charge on any atom is -0.0693 e. The van der Waals surface area contributed by atoms with E-state index in [4.69, 9.17) is 0 Å². The number of fused-ring (bicyclic) bond motifs is 2. The molecule has 2 atom stereocenters. The largest absolute Gasteiger partial charge is 0.0693 e. The second-order valence-corrected chi connectivity index (χ2v) is 24.5. The van der Waals surface area contributed by atoms with E-state index in [0.29, 0.717) is 0 Å². The van der Waals surface area contributed by atoms with Gasteiger partial charge in [0.05, 0.1) is 0 Å². The van der Waals surface area contributed by atoms with Crippen LogP contribution in [-0.2, 0) is 44.8 Å². The number of hydrogen-bond acceptors (Lipinski definition) is 0. The van der Waals surface area contributed by atoms with Gasteiger partial charge in [-0.15, -0.1) is 0 Å². The van der Waals surface area contributed by atoms with E-state index in [0.717, 1.165) is 0 Å². The van der Waals surface area contributed by atoms with Crippen molar-refractivity contribution in [1.82, 2.24) is 0 Å². The molecule has 2 heterocycles. The Morgan fingerprint density at radius 2 is 0.848 bits per heavy atom. The van der Waals surface area contributed by atoms with E-state index in [9.17, 15) is 0 Å². The zero-order valence-electron chi connectivity index (χ0n) is 32.3. The van der Waals surface area contributed by atoms with Crippen molar-refractivity contribution < 1.29 is 0 Å². The summed E-state index contributed by atoms with van der Waals surface area (Å²) in [5.74, 6) is 0. The molecule has 2 aliphatic rings. The van der Waals surface area contributed by atoms with E-state index < -0.39 is 0 Å². The molecule has 3 aromatic carbocycles. The first-order chi connectivity index (χ1) is 20.8. The summed E-state index contributed by atoms with van der Waals surface area (Å²) in [6.45, 7) is 38.8. The lowest BCUT2D eigenvalue weighted by Crippen LogP contribution is -2.27. The summed E-state index contributed by atoms with van der Waals surface area (Å²) >= 11 is 0. The van der Waals surface area contributed by atoms with Gasteiger partial charge in [-0.2, -0.15) is 0 Å². The van der Waals surface area contributed by atoms with Gasteiger partial charge in [0.2, 0.25) is 0 Å². The fourth-order valence-electron chi connectivity index (χ4n) is 7.81. The molecule has 2 aliphatic heterocycles. The van der Waals surface area contributed by atoms with Gasteiger partial charge in [0, 0.05) is 0 Å². The van der Waals surface area contributed by atoms with Crippen LogP contribution in [0.15, 0.2) is 48.5 Å². The van der Waals surface area contributed by atoms with Crippen LogP contribution in [0, 0.1) is 0 Å². The van der Waals surface area contributed by atoms with Crippen molar-refractivity contribution in [3.63, 3.8) is 0 Å². The fraction of sp³-hybridized carbons (Fsp3) is 0.591. The minimum atomic E-state index is -0.274. The quantitative estimate of drug-likeness (QED) is 0.246. The molecule has 250 valence electrons. The number of hydrogen-bond donors (Lipinski definition) is 0. The third-order valence-corrected chi connectivity index (χ3v) is 16.6. The lowest BCUT2D eigenvalue weighted by molar-refractivity contribution is 0.560. The molecule has 0 radical (unpaired) electrons. The molecule has 0 saturated heterocycles. The molecule has 46 heavy (non-hydrogen) atoms. The molecule has 0 N–H and O–H groups in total. The highest BCUT2D eigenvalue weighted by Crippen LogP contribution is 2.57. The van der Waals surface area contributed by atoms with E-state index in [1.165, 1.54) is 35.8 Å². The van der Waals surface area contributed by atoms with Crippen LogP contribution >= 0.6 is 15.8 Å². The molecule has 2 heteroatoms. The van der Waals surface area contributed by atoms with Crippen molar-refractivity contribution in [3.05, 3.63) is 93.0 Å². The summed E-state index contributed by atoms with van der Waals surface area (Å²) in [6.07, 6.45) is 4.97. The van der Waals surface area contributed by atoms with Gasteiger partial charge in [0.1, 0.15) is 0 Å². The van der Waals surface area contributed by atoms with Crippen LogP contribution in [0.3, 0.4) is 0 Å². The normalized spacial score (nSPS) is 21.0. The fourth-order valence-corrected chi connectivity index (χ4v) is 15.1. The third-order valence-electron chi connectivity index (χ3n) is 10.6. The summed E-state index contributed by atoms with van der Waals surface area (Å²) < 4.78 is 0. The maximum atomic E-state index is 2.60. The SMILES string of the molecule is CC(C)(C)c1cc(C(C)(C)C)c2c(c1)C(C)(C)CP2Cc1cccc(CP2CC(C)(C)c3cc(C(C)(C)C)cc(C(C)(C)C)c32)c1. The van der Waals surface area contributed by atoms with Crippen LogP contribution in [0.1, 0.15) is 155 Å². The van der Waals surface area contributed by atoms with Gasteiger partial charge in [-0.3, -0.25) is 0 Å². The predicted molar refractivity (Wildman–Crippen MR) is 210 cm³/mol. The van der Waals surface area contributed by atoms with Gasteiger partial charge < -0.3 is 0 Å². The molecule has 0 amide bonds. The second kappa shape index (κ2) is 11.6. The van der Waals surface area contributed by atoms with E-state index >= 15 is 0 Å². The smallest absolute Gasteiger partial charge is 0.00322 e. The average molecular weight is 655 g/mol. The first-order valence-electron chi connectivity index (χ1n) is 17.8. The molecular weight excluding hydrogens is 590 g/mol. The summed E-state index contributed by atoms with van der Waals surface area (Å²) in [7, 11) is -0.548. The van der Waals surface area contributed by atoms with Crippen LogP contribution in [0.25, 0.3) is 0 Å². The van der Waals surface area contributed by atoms with Gasteiger partial charge in [-0.05, 0) is 112 Å². The van der Waals surface area contributed by atoms with Gasteiger partial charge in [0.15, 0.2) is 0 Å². The summed E-state index contributed by atoms with van der Waals surface area (Å²) in [4.78, 5) is 0. The number of rotatable bonds is 4. The Labute approximate surface area is 286 Å². The average Bonchev–Trinajstić information content (AvgIpc) is 3.29. The molecule has 0 aromatic heterocycles. The summed E-state index contributed by atoms with van der Waals surface area (Å²) in [6, 6.07) is 20.1. The third kappa shape index (κ3) is 6.97. The van der Waals surface area contributed by atoms with E-state index in [2.05, 4.69) is 159 Å². The maximum Gasteiger partial charge on any atom is -0.00322 e. The molecule has 0 bridgehead atoms. The topological polar surface area (TPSA) is 0 Å². The molecule has 0 fully saturated rings. The Hall–Kier alpha value is -1.48. The maximum absolute atomic E-state index is 2.60. The molecule has 0 spiro atoms. The van der Waals surface area contributed by atoms with Crippen molar-refractivity contribution in [1.29, 1.82) is 0 Å². The summed E-state index contributed by atoms with van der Waals surface area (Å²) in [5, 5.41) is 3.43. The Morgan fingerprint density at radius 3 is 1.15 bits per heavy atom. The van der Waals surface area contributed by atoms with E-state index in [-0.39, 0.29) is 48.3 Å². The van der Waals surface area contributed by atoms with Gasteiger partial charge in [0.25, 0.3) is 0 Å². The van der Waals surface area contributed by atoms with Gasteiger partial charge >= 0.3 is 0 Å². The highest BCUT2D eigenvalue weighted by atomic mass is 31.1. The first-order valence-corrected chi connectivity index (χ1v) is 21.2. The van der Waals surface area contributed by atoms with E-state index in [1.54, 1.807) is 44.0 Å².